The van der Waals surface area contributed by atoms with Gasteiger partial charge in [0.1, 0.15) is 5.75 Å². The zero-order valence-corrected chi connectivity index (χ0v) is 22.1. The summed E-state index contributed by atoms with van der Waals surface area (Å²) in [5.74, 6) is 1.24. The molecule has 0 unspecified atom stereocenters. The van der Waals surface area contributed by atoms with Gasteiger partial charge < -0.3 is 19.5 Å². The Morgan fingerprint density at radius 1 is 1.06 bits per heavy atom. The third-order valence-electron chi connectivity index (χ3n) is 4.39. The van der Waals surface area contributed by atoms with Crippen molar-refractivity contribution in [3.8, 4) is 17.2 Å². The summed E-state index contributed by atoms with van der Waals surface area (Å²) in [7, 11) is 1.54. The highest BCUT2D eigenvalue weighted by atomic mass is 127. The molecule has 0 atom stereocenters. The second kappa shape index (κ2) is 12.7. The van der Waals surface area contributed by atoms with Crippen LogP contribution in [0.4, 0.5) is 11.4 Å². The van der Waals surface area contributed by atoms with E-state index in [-0.39, 0.29) is 12.5 Å². The van der Waals surface area contributed by atoms with Gasteiger partial charge in [-0.05, 0) is 77.5 Å². The average molecular weight is 614 g/mol. The zero-order valence-electron chi connectivity index (χ0n) is 18.4. The third kappa shape index (κ3) is 7.15. The molecule has 0 saturated heterocycles. The molecule has 0 radical (unpaired) electrons. The molecule has 0 aliphatic carbocycles. The van der Waals surface area contributed by atoms with Gasteiger partial charge in [-0.25, -0.2) is 0 Å². The van der Waals surface area contributed by atoms with Gasteiger partial charge >= 0.3 is 0 Å². The standard InChI is InChI=1S/C24H22Cl2IN3O4/c1-3-33-22-11-15(13-28-30-16-8-9-17(25)18(26)12-16)10-19(27)24(22)34-14-23(31)29-20-6-4-5-7-21(20)32-2/h4-13,30H,3,14H2,1-2H3,(H,29,31)/b28-13+. The van der Waals surface area contributed by atoms with Crippen LogP contribution in [0.1, 0.15) is 12.5 Å². The van der Waals surface area contributed by atoms with Crippen molar-refractivity contribution in [2.24, 2.45) is 5.10 Å². The minimum Gasteiger partial charge on any atom is -0.495 e. The van der Waals surface area contributed by atoms with Gasteiger partial charge in [0.05, 0.1) is 44.9 Å². The van der Waals surface area contributed by atoms with E-state index >= 15 is 0 Å². The van der Waals surface area contributed by atoms with Crippen molar-refractivity contribution in [2.45, 2.75) is 6.92 Å². The van der Waals surface area contributed by atoms with Crippen LogP contribution in [0.25, 0.3) is 0 Å². The number of hydrazone groups is 1. The molecule has 0 heterocycles. The number of benzene rings is 3. The fourth-order valence-electron chi connectivity index (χ4n) is 2.88. The predicted octanol–water partition coefficient (Wildman–Crippen LogP) is 6.47. The predicted molar refractivity (Wildman–Crippen MR) is 145 cm³/mol. The number of anilines is 2. The molecule has 0 spiro atoms. The number of carbonyl (C=O) groups is 1. The number of carbonyl (C=O) groups excluding carboxylic acids is 1. The Hall–Kier alpha value is -2.69. The maximum Gasteiger partial charge on any atom is 0.262 e. The van der Waals surface area contributed by atoms with Crippen LogP contribution in [-0.2, 0) is 4.79 Å². The van der Waals surface area contributed by atoms with Gasteiger partial charge in [0.25, 0.3) is 5.91 Å². The molecule has 3 aromatic rings. The summed E-state index contributed by atoms with van der Waals surface area (Å²) < 4.78 is 17.6. The maximum absolute atomic E-state index is 12.4. The van der Waals surface area contributed by atoms with Gasteiger partial charge in [-0.2, -0.15) is 5.10 Å². The molecule has 0 aliphatic heterocycles. The Bertz CT molecular complexity index is 1190. The average Bonchev–Trinajstić information content (AvgIpc) is 2.81. The fraction of sp³-hybridized carbons (Fsp3) is 0.167. The Balaban J connectivity index is 1.69. The Morgan fingerprint density at radius 2 is 1.85 bits per heavy atom. The molecule has 3 aromatic carbocycles. The van der Waals surface area contributed by atoms with E-state index < -0.39 is 0 Å². The van der Waals surface area contributed by atoms with E-state index in [1.165, 1.54) is 0 Å². The van der Waals surface area contributed by atoms with Gasteiger partial charge in [-0.3, -0.25) is 10.2 Å². The normalized spacial score (nSPS) is 10.7. The SMILES string of the molecule is CCOc1cc(/C=N/Nc2ccc(Cl)c(Cl)c2)cc(I)c1OCC(=O)Nc1ccccc1OC. The first-order valence-corrected chi connectivity index (χ1v) is 12.0. The minimum absolute atomic E-state index is 0.194. The van der Waals surface area contributed by atoms with Crippen LogP contribution in [0.3, 0.4) is 0 Å². The number of amides is 1. The van der Waals surface area contributed by atoms with Crippen molar-refractivity contribution in [2.75, 3.05) is 31.1 Å². The molecule has 34 heavy (non-hydrogen) atoms. The van der Waals surface area contributed by atoms with Gasteiger partial charge in [0.15, 0.2) is 18.1 Å². The summed E-state index contributed by atoms with van der Waals surface area (Å²) in [5, 5.41) is 7.93. The van der Waals surface area contributed by atoms with Crippen molar-refractivity contribution < 1.29 is 19.0 Å². The first-order valence-electron chi connectivity index (χ1n) is 10.2. The summed E-state index contributed by atoms with van der Waals surface area (Å²) in [5.41, 5.74) is 4.96. The zero-order chi connectivity index (χ0) is 24.5. The number of methoxy groups -OCH3 is 1. The van der Waals surface area contributed by atoms with E-state index in [9.17, 15) is 4.79 Å². The smallest absolute Gasteiger partial charge is 0.262 e. The monoisotopic (exact) mass is 613 g/mol. The number of hydrogen-bond donors (Lipinski definition) is 2. The van der Waals surface area contributed by atoms with Crippen LogP contribution < -0.4 is 25.0 Å². The lowest BCUT2D eigenvalue weighted by molar-refractivity contribution is -0.118. The lowest BCUT2D eigenvalue weighted by Gasteiger charge is -2.15. The van der Waals surface area contributed by atoms with Gasteiger partial charge in [0.2, 0.25) is 0 Å². The Kier molecular flexibility index (Phi) is 9.67. The number of halogens is 3. The summed E-state index contributed by atoms with van der Waals surface area (Å²) >= 11 is 14.1. The molecule has 7 nitrogen and oxygen atoms in total. The largest absolute Gasteiger partial charge is 0.495 e. The third-order valence-corrected chi connectivity index (χ3v) is 5.93. The van der Waals surface area contributed by atoms with Crippen LogP contribution in [0, 0.1) is 3.57 Å². The van der Waals surface area contributed by atoms with Gasteiger partial charge in [0, 0.05) is 0 Å². The highest BCUT2D eigenvalue weighted by Gasteiger charge is 2.15. The lowest BCUT2D eigenvalue weighted by Crippen LogP contribution is -2.21. The molecule has 0 aliphatic rings. The molecule has 0 saturated carbocycles. The molecule has 1 amide bonds. The van der Waals surface area contributed by atoms with Crippen LogP contribution in [0.15, 0.2) is 59.7 Å². The molecule has 0 fully saturated rings. The lowest BCUT2D eigenvalue weighted by atomic mass is 10.2. The van der Waals surface area contributed by atoms with Crippen molar-refractivity contribution >= 4 is 69.3 Å². The molecule has 10 heteroatoms. The van der Waals surface area contributed by atoms with Gasteiger partial charge in [-0.1, -0.05) is 35.3 Å². The second-order valence-corrected chi connectivity index (χ2v) is 8.78. The van der Waals surface area contributed by atoms with Crippen molar-refractivity contribution in [1.82, 2.24) is 0 Å². The summed E-state index contributed by atoms with van der Waals surface area (Å²) in [6.45, 7) is 2.11. The van der Waals surface area contributed by atoms with E-state index in [1.807, 2.05) is 25.1 Å². The van der Waals surface area contributed by atoms with E-state index in [0.29, 0.717) is 45.3 Å². The number of rotatable bonds is 10. The van der Waals surface area contributed by atoms with Gasteiger partial charge in [-0.15, -0.1) is 0 Å². The maximum atomic E-state index is 12.4. The van der Waals surface area contributed by atoms with Crippen molar-refractivity contribution in [1.29, 1.82) is 0 Å². The first-order chi connectivity index (χ1) is 16.4. The van der Waals surface area contributed by atoms with Crippen molar-refractivity contribution in [3.05, 3.63) is 73.8 Å². The highest BCUT2D eigenvalue weighted by Crippen LogP contribution is 2.34. The molecular formula is C24H22Cl2IN3O4. The van der Waals surface area contributed by atoms with Crippen LogP contribution in [0.2, 0.25) is 10.0 Å². The van der Waals surface area contributed by atoms with Crippen LogP contribution in [0.5, 0.6) is 17.2 Å². The van der Waals surface area contributed by atoms with Crippen molar-refractivity contribution in [3.63, 3.8) is 0 Å². The molecule has 0 aromatic heterocycles. The first kappa shape index (κ1) is 25.9. The molecular weight excluding hydrogens is 592 g/mol. The Morgan fingerprint density at radius 3 is 2.59 bits per heavy atom. The van der Waals surface area contributed by atoms with E-state index in [4.69, 9.17) is 37.4 Å². The summed E-state index contributed by atoms with van der Waals surface area (Å²) in [6, 6.07) is 16.0. The number of hydrogen-bond acceptors (Lipinski definition) is 6. The summed E-state index contributed by atoms with van der Waals surface area (Å²) in [6.07, 6.45) is 1.64. The van der Waals surface area contributed by atoms with E-state index in [0.717, 1.165) is 9.13 Å². The molecule has 2 N–H and O–H groups in total. The number of para-hydroxylation sites is 2. The topological polar surface area (TPSA) is 81.2 Å². The minimum atomic E-state index is -0.320. The Labute approximate surface area is 221 Å². The number of ether oxygens (including phenoxy) is 3. The van der Waals surface area contributed by atoms with E-state index in [1.54, 1.807) is 49.7 Å². The van der Waals surface area contributed by atoms with Crippen LogP contribution in [-0.4, -0.2) is 32.4 Å². The van der Waals surface area contributed by atoms with Crippen LogP contribution >= 0.6 is 45.8 Å². The molecule has 178 valence electrons. The second-order valence-electron chi connectivity index (χ2n) is 6.80. The van der Waals surface area contributed by atoms with E-state index in [2.05, 4.69) is 38.4 Å². The highest BCUT2D eigenvalue weighted by molar-refractivity contribution is 14.1. The number of nitrogens with zero attached hydrogens (tertiary/aromatic N) is 1. The molecule has 0 bridgehead atoms. The quantitative estimate of drug-likeness (QED) is 0.156. The summed E-state index contributed by atoms with van der Waals surface area (Å²) in [4.78, 5) is 12.4. The fourth-order valence-corrected chi connectivity index (χ4v) is 3.96. The molecule has 3 rings (SSSR count). The number of nitrogens with one attached hydrogen (secondary N) is 2.